The molecule has 10 heteroatoms. The lowest BCUT2D eigenvalue weighted by Crippen LogP contribution is -2.99. The SMILES string of the molecule is OC[C@@H](O)[C@]1(O)C(c2ccc(Cl)cc2Cl)[C@]2(O)C(O)C(c3ccc(Cl)cc3Cl)[C@@]21O. The maximum absolute atomic E-state index is 11.5. The Morgan fingerprint density at radius 2 is 1.37 bits per heavy atom. The van der Waals surface area contributed by atoms with E-state index in [2.05, 4.69) is 0 Å². The molecule has 0 bridgehead atoms. The summed E-state index contributed by atoms with van der Waals surface area (Å²) in [4.78, 5) is 0. The number of fused-ring (bicyclic) bond motifs is 1. The first-order valence-corrected chi connectivity index (χ1v) is 10.5. The molecule has 4 rings (SSSR count). The Hall–Kier alpha value is -0.640. The van der Waals surface area contributed by atoms with Gasteiger partial charge in [0, 0.05) is 26.0 Å². The minimum atomic E-state index is -2.47. The van der Waals surface area contributed by atoms with Crippen LogP contribution in [0.1, 0.15) is 23.0 Å². The third-order valence-corrected chi connectivity index (χ3v) is 7.69. The number of benzene rings is 2. The highest BCUT2D eigenvalue weighted by atomic mass is 35.5. The predicted octanol–water partition coefficient (Wildman–Crippen LogP) is 2.10. The summed E-state index contributed by atoms with van der Waals surface area (Å²) in [5.74, 6) is -2.71. The average molecular weight is 496 g/mol. The molecule has 2 aromatic carbocycles. The van der Waals surface area contributed by atoms with Crippen molar-refractivity contribution in [1.29, 1.82) is 0 Å². The Kier molecular flexibility index (Phi) is 5.40. The van der Waals surface area contributed by atoms with Gasteiger partial charge in [-0.2, -0.15) is 0 Å². The molecule has 0 aliphatic heterocycles. The van der Waals surface area contributed by atoms with Gasteiger partial charge >= 0.3 is 0 Å². The lowest BCUT2D eigenvalue weighted by atomic mass is 9.30. The van der Waals surface area contributed by atoms with Crippen molar-refractivity contribution in [2.45, 2.75) is 40.8 Å². The minimum absolute atomic E-state index is 0.0479. The zero-order valence-corrected chi connectivity index (χ0v) is 18.2. The lowest BCUT2D eigenvalue weighted by Gasteiger charge is -2.80. The highest BCUT2D eigenvalue weighted by Crippen LogP contribution is 2.76. The predicted molar refractivity (Wildman–Crippen MR) is 112 cm³/mol. The maximum Gasteiger partial charge on any atom is 0.138 e. The quantitative estimate of drug-likeness (QED) is 0.386. The summed E-state index contributed by atoms with van der Waals surface area (Å²) in [7, 11) is 0. The van der Waals surface area contributed by atoms with Gasteiger partial charge in [-0.15, -0.1) is 0 Å². The van der Waals surface area contributed by atoms with E-state index in [1.54, 1.807) is 0 Å². The van der Waals surface area contributed by atoms with Crippen LogP contribution in [0.2, 0.25) is 20.1 Å². The van der Waals surface area contributed by atoms with Gasteiger partial charge in [-0.1, -0.05) is 58.5 Å². The van der Waals surface area contributed by atoms with E-state index in [0.717, 1.165) is 0 Å². The van der Waals surface area contributed by atoms with Crippen molar-refractivity contribution in [2.75, 3.05) is 6.61 Å². The van der Waals surface area contributed by atoms with Gasteiger partial charge in [-0.05, 0) is 35.4 Å². The zero-order chi connectivity index (χ0) is 22.2. The Labute approximate surface area is 191 Å². The second-order valence-electron chi connectivity index (χ2n) is 7.80. The van der Waals surface area contributed by atoms with Crippen molar-refractivity contribution in [3.8, 4) is 0 Å². The first-order chi connectivity index (χ1) is 14.0. The Balaban J connectivity index is 1.89. The molecule has 0 heterocycles. The molecule has 6 nitrogen and oxygen atoms in total. The Morgan fingerprint density at radius 1 is 0.867 bits per heavy atom. The largest absolute Gasteiger partial charge is 0.394 e. The molecule has 162 valence electrons. The standard InChI is InChI=1S/C20H18Cl4O6/c21-8-1-3-10(12(23)5-8)15-17(27)19(29)16(11-4-2-9(22)6-13(11)24)18(28,14(26)7-25)20(15,19)30/h1-6,14-17,25-30H,7H2/t14-,15?,16?,17?,18+,19+,20+/m1/s1. The van der Waals surface area contributed by atoms with Crippen molar-refractivity contribution < 1.29 is 30.6 Å². The van der Waals surface area contributed by atoms with E-state index >= 15 is 0 Å². The second-order valence-corrected chi connectivity index (χ2v) is 9.49. The van der Waals surface area contributed by atoms with Crippen molar-refractivity contribution in [3.63, 3.8) is 0 Å². The molecule has 0 spiro atoms. The molecule has 2 saturated carbocycles. The fraction of sp³-hybridized carbons (Fsp3) is 0.400. The van der Waals surface area contributed by atoms with Gasteiger partial charge in [0.15, 0.2) is 0 Å². The molecular weight excluding hydrogens is 478 g/mol. The molecule has 2 fully saturated rings. The van der Waals surface area contributed by atoms with E-state index < -0.39 is 47.5 Å². The van der Waals surface area contributed by atoms with E-state index in [4.69, 9.17) is 46.4 Å². The minimum Gasteiger partial charge on any atom is -0.394 e. The van der Waals surface area contributed by atoms with Crippen molar-refractivity contribution in [1.82, 2.24) is 0 Å². The van der Waals surface area contributed by atoms with E-state index in [1.807, 2.05) is 0 Å². The number of aliphatic hydroxyl groups excluding tert-OH is 3. The summed E-state index contributed by atoms with van der Waals surface area (Å²) in [6, 6.07) is 8.54. The van der Waals surface area contributed by atoms with Crippen LogP contribution >= 0.6 is 46.4 Å². The van der Waals surface area contributed by atoms with Crippen LogP contribution < -0.4 is 0 Å². The number of hydrogen-bond acceptors (Lipinski definition) is 6. The number of aliphatic hydroxyl groups is 6. The van der Waals surface area contributed by atoms with E-state index in [-0.39, 0.29) is 26.2 Å². The average Bonchev–Trinajstić information content (AvgIpc) is 2.69. The summed E-state index contributed by atoms with van der Waals surface area (Å²) in [5, 5.41) is 66.1. The molecule has 0 amide bonds. The molecule has 2 aliphatic rings. The summed E-state index contributed by atoms with van der Waals surface area (Å²) in [6.45, 7) is -0.923. The molecule has 2 aromatic rings. The van der Waals surface area contributed by atoms with Crippen LogP contribution in [-0.4, -0.2) is 66.3 Å². The maximum atomic E-state index is 11.5. The summed E-state index contributed by atoms with van der Waals surface area (Å²) in [5.41, 5.74) is -6.86. The topological polar surface area (TPSA) is 121 Å². The van der Waals surface area contributed by atoms with Crippen LogP contribution in [-0.2, 0) is 0 Å². The van der Waals surface area contributed by atoms with Gasteiger partial charge in [-0.3, -0.25) is 0 Å². The van der Waals surface area contributed by atoms with E-state index in [0.29, 0.717) is 5.02 Å². The zero-order valence-electron chi connectivity index (χ0n) is 15.2. The Bertz CT molecular complexity index is 1020. The lowest BCUT2D eigenvalue weighted by molar-refractivity contribution is -0.459. The summed E-state index contributed by atoms with van der Waals surface area (Å²) < 4.78 is 0. The van der Waals surface area contributed by atoms with Crippen LogP contribution in [0.4, 0.5) is 0 Å². The summed E-state index contributed by atoms with van der Waals surface area (Å²) in [6.07, 6.45) is -3.45. The van der Waals surface area contributed by atoms with Crippen molar-refractivity contribution in [2.24, 2.45) is 0 Å². The Morgan fingerprint density at radius 3 is 1.83 bits per heavy atom. The molecule has 7 atom stereocenters. The third-order valence-electron chi connectivity index (χ3n) is 6.57. The van der Waals surface area contributed by atoms with Gasteiger partial charge in [0.25, 0.3) is 0 Å². The van der Waals surface area contributed by atoms with Crippen LogP contribution in [0.3, 0.4) is 0 Å². The van der Waals surface area contributed by atoms with Gasteiger partial charge in [0.1, 0.15) is 22.9 Å². The second kappa shape index (κ2) is 7.18. The van der Waals surface area contributed by atoms with Gasteiger partial charge in [0.2, 0.25) is 0 Å². The van der Waals surface area contributed by atoms with Gasteiger partial charge in [-0.25, -0.2) is 0 Å². The number of hydrogen-bond donors (Lipinski definition) is 6. The molecule has 6 N–H and O–H groups in total. The van der Waals surface area contributed by atoms with Crippen LogP contribution in [0.5, 0.6) is 0 Å². The van der Waals surface area contributed by atoms with Crippen molar-refractivity contribution in [3.05, 3.63) is 67.6 Å². The van der Waals surface area contributed by atoms with E-state index in [1.165, 1.54) is 36.4 Å². The van der Waals surface area contributed by atoms with Crippen LogP contribution in [0, 0.1) is 0 Å². The molecule has 0 aromatic heterocycles. The van der Waals surface area contributed by atoms with Crippen LogP contribution in [0.25, 0.3) is 0 Å². The number of halogens is 4. The fourth-order valence-corrected chi connectivity index (χ4v) is 6.29. The van der Waals surface area contributed by atoms with Crippen LogP contribution in [0.15, 0.2) is 36.4 Å². The van der Waals surface area contributed by atoms with E-state index in [9.17, 15) is 30.6 Å². The van der Waals surface area contributed by atoms with Gasteiger partial charge in [0.05, 0.1) is 18.6 Å². The summed E-state index contributed by atoms with van der Waals surface area (Å²) >= 11 is 24.3. The monoisotopic (exact) mass is 494 g/mol. The van der Waals surface area contributed by atoms with Crippen molar-refractivity contribution >= 4 is 46.4 Å². The first kappa shape index (κ1) is 22.6. The molecule has 2 aliphatic carbocycles. The molecule has 30 heavy (non-hydrogen) atoms. The molecule has 3 unspecified atom stereocenters. The highest BCUT2D eigenvalue weighted by Gasteiger charge is 2.94. The molecular formula is C20H18Cl4O6. The first-order valence-electron chi connectivity index (χ1n) is 9.00. The molecule has 0 saturated heterocycles. The van der Waals surface area contributed by atoms with Gasteiger partial charge < -0.3 is 30.6 Å². The number of rotatable bonds is 4. The molecule has 0 radical (unpaired) electrons. The smallest absolute Gasteiger partial charge is 0.138 e. The highest BCUT2D eigenvalue weighted by molar-refractivity contribution is 6.35. The normalized spacial score (nSPS) is 38.4. The fourth-order valence-electron chi connectivity index (χ4n) is 5.24. The third kappa shape index (κ3) is 2.49.